The van der Waals surface area contributed by atoms with Crippen LogP contribution in [0.4, 0.5) is 9.59 Å². The molecule has 0 unspecified atom stereocenters. The van der Waals surface area contributed by atoms with Gasteiger partial charge in [-0.2, -0.15) is 0 Å². The Morgan fingerprint density at radius 3 is 1.81 bits per heavy atom. The molecule has 4 atom stereocenters. The highest BCUT2D eigenvalue weighted by atomic mass is 16.6. The summed E-state index contributed by atoms with van der Waals surface area (Å²) < 4.78 is 10.2. The first-order valence-electron chi connectivity index (χ1n) is 13.1. The zero-order valence-corrected chi connectivity index (χ0v) is 24.5. The Bertz CT molecular complexity index is 750. The van der Waals surface area contributed by atoms with E-state index < -0.39 is 47.9 Å². The van der Waals surface area contributed by atoms with E-state index in [1.165, 1.54) is 11.9 Å². The number of nitrogens with one attached hydrogen (secondary N) is 3. The van der Waals surface area contributed by atoms with Crippen molar-refractivity contribution in [1.29, 1.82) is 0 Å². The summed E-state index contributed by atoms with van der Waals surface area (Å²) in [5.41, 5.74) is -0.717. The molecule has 37 heavy (non-hydrogen) atoms. The Morgan fingerprint density at radius 1 is 0.865 bits per heavy atom. The van der Waals surface area contributed by atoms with Gasteiger partial charge in [-0.3, -0.25) is 9.59 Å². The third kappa shape index (κ3) is 13.5. The molecule has 0 saturated heterocycles. The fourth-order valence-corrected chi connectivity index (χ4v) is 3.61. The van der Waals surface area contributed by atoms with Crippen LogP contribution in [0.1, 0.15) is 75.7 Å². The van der Waals surface area contributed by atoms with Gasteiger partial charge in [0.15, 0.2) is 0 Å². The lowest BCUT2D eigenvalue weighted by Gasteiger charge is -2.33. The third-order valence-corrected chi connectivity index (χ3v) is 5.46. The predicted octanol–water partition coefficient (Wildman–Crippen LogP) is 2.66. The van der Waals surface area contributed by atoms with Crippen LogP contribution in [0.3, 0.4) is 0 Å². The topological polar surface area (TPSA) is 146 Å². The minimum atomic E-state index is -1.09. The van der Waals surface area contributed by atoms with E-state index in [-0.39, 0.29) is 36.8 Å². The van der Waals surface area contributed by atoms with E-state index in [9.17, 15) is 24.3 Å². The number of ether oxygens (including phenoxy) is 2. The maximum Gasteiger partial charge on any atom is 0.408 e. The Morgan fingerprint density at radius 2 is 1.38 bits per heavy atom. The summed E-state index contributed by atoms with van der Waals surface area (Å²) >= 11 is 0. The number of carbonyl (C=O) groups is 4. The van der Waals surface area contributed by atoms with Crippen molar-refractivity contribution >= 4 is 24.0 Å². The molecular formula is C26H50N4O7. The van der Waals surface area contributed by atoms with E-state index in [1.54, 1.807) is 55.4 Å². The summed E-state index contributed by atoms with van der Waals surface area (Å²) in [5, 5.41) is 19.1. The molecule has 0 aliphatic carbocycles. The molecule has 0 bridgehead atoms. The smallest absolute Gasteiger partial charge is 0.408 e. The van der Waals surface area contributed by atoms with Crippen LogP contribution in [-0.4, -0.2) is 84.0 Å². The van der Waals surface area contributed by atoms with Crippen LogP contribution in [0.25, 0.3) is 0 Å². The number of hydrogen-bond acceptors (Lipinski definition) is 7. The molecule has 0 spiro atoms. The first-order valence-corrected chi connectivity index (χ1v) is 13.1. The van der Waals surface area contributed by atoms with Crippen molar-refractivity contribution in [3.8, 4) is 0 Å². The average molecular weight is 531 g/mol. The molecule has 0 rings (SSSR count). The third-order valence-electron chi connectivity index (χ3n) is 5.46. The monoisotopic (exact) mass is 530 g/mol. The summed E-state index contributed by atoms with van der Waals surface area (Å²) in [5.74, 6) is -1.17. The summed E-state index contributed by atoms with van der Waals surface area (Å²) in [6, 6.07) is -2.40. The summed E-state index contributed by atoms with van der Waals surface area (Å²) in [6.45, 7) is 18.1. The molecule has 4 amide bonds. The van der Waals surface area contributed by atoms with E-state index >= 15 is 0 Å². The van der Waals surface area contributed by atoms with E-state index in [1.807, 2.05) is 13.8 Å². The molecule has 4 N–H and O–H groups in total. The lowest BCUT2D eigenvalue weighted by atomic mass is 9.96. The van der Waals surface area contributed by atoms with Crippen molar-refractivity contribution in [2.45, 2.75) is 105 Å². The van der Waals surface area contributed by atoms with Crippen molar-refractivity contribution in [1.82, 2.24) is 20.9 Å². The number of aliphatic hydroxyl groups is 1. The lowest BCUT2D eigenvalue weighted by molar-refractivity contribution is -0.134. The molecule has 0 aromatic rings. The minimum absolute atomic E-state index is 0.0733. The minimum Gasteiger partial charge on any atom is -0.450 e. The Kier molecular flexibility index (Phi) is 14.6. The van der Waals surface area contributed by atoms with Crippen LogP contribution in [0.2, 0.25) is 0 Å². The molecule has 0 aromatic heterocycles. The highest BCUT2D eigenvalue weighted by Gasteiger charge is 2.33. The average Bonchev–Trinajstić information content (AvgIpc) is 2.72. The van der Waals surface area contributed by atoms with Crippen LogP contribution in [0.5, 0.6) is 0 Å². The highest BCUT2D eigenvalue weighted by Crippen LogP contribution is 2.14. The Hall–Kier alpha value is -2.56. The fraction of sp³-hybridized carbons (Fsp3) is 0.846. The molecule has 0 radical (unpaired) electrons. The van der Waals surface area contributed by atoms with Gasteiger partial charge >= 0.3 is 12.2 Å². The standard InChI is InChI=1S/C26H50N4O7/c1-12-36-24(34)29-21(17(6)7)23(33)30(11)14-19(31)18(13-15(2)3)27-22(32)20(16(4)5)28-25(35)37-26(8,9)10/h15-21,31H,12-14H2,1-11H3,(H,27,32)(H,28,35)(H,29,34)/t18-,19-,20-,21+/m0/s1. The summed E-state index contributed by atoms with van der Waals surface area (Å²) in [6.07, 6.45) is -2.04. The normalized spacial score (nSPS) is 15.0. The molecular weight excluding hydrogens is 480 g/mol. The Balaban J connectivity index is 5.51. The second-order valence-corrected chi connectivity index (χ2v) is 11.5. The van der Waals surface area contributed by atoms with E-state index in [4.69, 9.17) is 9.47 Å². The van der Waals surface area contributed by atoms with Gasteiger partial charge in [0.1, 0.15) is 17.7 Å². The number of aliphatic hydroxyl groups excluding tert-OH is 1. The van der Waals surface area contributed by atoms with Crippen LogP contribution in [0.15, 0.2) is 0 Å². The largest absolute Gasteiger partial charge is 0.450 e. The highest BCUT2D eigenvalue weighted by molar-refractivity contribution is 5.87. The van der Waals surface area contributed by atoms with Crippen molar-refractivity contribution in [3.63, 3.8) is 0 Å². The molecule has 0 aliphatic heterocycles. The first-order chi connectivity index (χ1) is 16.9. The molecule has 0 fully saturated rings. The van der Waals surface area contributed by atoms with Crippen molar-refractivity contribution < 1.29 is 33.8 Å². The number of hydrogen-bond donors (Lipinski definition) is 4. The molecule has 0 aromatic carbocycles. The van der Waals surface area contributed by atoms with Gasteiger partial charge in [-0.1, -0.05) is 41.5 Å². The SMILES string of the molecule is CCOC(=O)N[C@@H](C(=O)N(C)C[C@H](O)[C@H](CC(C)C)NC(=O)[C@@H](NC(=O)OC(C)(C)C)C(C)C)C(C)C. The number of amides is 4. The first kappa shape index (κ1) is 34.4. The summed E-state index contributed by atoms with van der Waals surface area (Å²) in [4.78, 5) is 51.7. The van der Waals surface area contributed by atoms with Gasteiger partial charge in [0, 0.05) is 13.6 Å². The zero-order valence-electron chi connectivity index (χ0n) is 24.5. The molecule has 0 saturated carbocycles. The van der Waals surface area contributed by atoms with Gasteiger partial charge in [-0.25, -0.2) is 9.59 Å². The predicted molar refractivity (Wildman–Crippen MR) is 142 cm³/mol. The van der Waals surface area contributed by atoms with Crippen LogP contribution >= 0.6 is 0 Å². The van der Waals surface area contributed by atoms with E-state index in [2.05, 4.69) is 16.0 Å². The van der Waals surface area contributed by atoms with Crippen LogP contribution < -0.4 is 16.0 Å². The second kappa shape index (κ2) is 15.6. The number of rotatable bonds is 13. The maximum atomic E-state index is 13.1. The molecule has 11 heteroatoms. The number of carbonyl (C=O) groups excluding carboxylic acids is 4. The van der Waals surface area contributed by atoms with Gasteiger partial charge in [-0.15, -0.1) is 0 Å². The Labute approximate surface area is 222 Å². The van der Waals surface area contributed by atoms with Crippen LogP contribution in [-0.2, 0) is 19.1 Å². The maximum absolute atomic E-state index is 13.1. The quantitative estimate of drug-likeness (QED) is 0.286. The van der Waals surface area contributed by atoms with Gasteiger partial charge in [-0.05, 0) is 51.9 Å². The van der Waals surface area contributed by atoms with Gasteiger partial charge in [0.05, 0.1) is 18.8 Å². The van der Waals surface area contributed by atoms with Gasteiger partial charge in [0.25, 0.3) is 0 Å². The zero-order chi connectivity index (χ0) is 29.1. The van der Waals surface area contributed by atoms with E-state index in [0.717, 1.165) is 0 Å². The van der Waals surface area contributed by atoms with Crippen molar-refractivity contribution in [3.05, 3.63) is 0 Å². The lowest BCUT2D eigenvalue weighted by Crippen LogP contribution is -2.57. The molecule has 216 valence electrons. The summed E-state index contributed by atoms with van der Waals surface area (Å²) in [7, 11) is 1.53. The molecule has 0 aliphatic rings. The second-order valence-electron chi connectivity index (χ2n) is 11.5. The molecule has 0 heterocycles. The van der Waals surface area contributed by atoms with Crippen molar-refractivity contribution in [2.75, 3.05) is 20.2 Å². The van der Waals surface area contributed by atoms with Gasteiger partial charge < -0.3 is 35.4 Å². The molecule has 11 nitrogen and oxygen atoms in total. The number of alkyl carbamates (subject to hydrolysis) is 2. The van der Waals surface area contributed by atoms with Crippen LogP contribution in [0, 0.1) is 17.8 Å². The van der Waals surface area contributed by atoms with E-state index in [0.29, 0.717) is 6.42 Å². The van der Waals surface area contributed by atoms with Gasteiger partial charge in [0.2, 0.25) is 11.8 Å². The van der Waals surface area contributed by atoms with Crippen molar-refractivity contribution in [2.24, 2.45) is 17.8 Å². The number of nitrogens with zero attached hydrogens (tertiary/aromatic N) is 1. The number of likely N-dealkylation sites (N-methyl/N-ethyl adjacent to an activating group) is 1. The fourth-order valence-electron chi connectivity index (χ4n) is 3.61.